The molecule has 1 rings (SSSR count). The molecule has 0 heterocycles. The fourth-order valence-electron chi connectivity index (χ4n) is 1.32. The van der Waals surface area contributed by atoms with Crippen molar-refractivity contribution in [3.63, 3.8) is 0 Å². The molecule has 0 saturated carbocycles. The van der Waals surface area contributed by atoms with Crippen LogP contribution in [-0.4, -0.2) is 14.7 Å². The number of hydrogen-bond donors (Lipinski definition) is 0. The van der Waals surface area contributed by atoms with Crippen molar-refractivity contribution < 1.29 is 22.3 Å². The van der Waals surface area contributed by atoms with Crippen molar-refractivity contribution in [3.05, 3.63) is 29.8 Å². The Kier molecular flexibility index (Phi) is 4.92. The third-order valence-corrected chi connectivity index (χ3v) is 8.07. The van der Waals surface area contributed by atoms with Gasteiger partial charge in [-0.05, 0) is 24.2 Å². The maximum Gasteiger partial charge on any atom is 0.573 e. The molecule has 20 heavy (non-hydrogen) atoms. The van der Waals surface area contributed by atoms with Crippen molar-refractivity contribution in [1.29, 1.82) is 0 Å². The van der Waals surface area contributed by atoms with Gasteiger partial charge in [0.25, 0.3) is 0 Å². The van der Waals surface area contributed by atoms with Crippen molar-refractivity contribution in [2.75, 3.05) is 0 Å². The van der Waals surface area contributed by atoms with E-state index >= 15 is 0 Å². The molecule has 2 nitrogen and oxygen atoms in total. The monoisotopic (exact) mass is 306 g/mol. The Balaban J connectivity index is 2.84. The second kappa shape index (κ2) is 5.77. The van der Waals surface area contributed by atoms with E-state index in [4.69, 9.17) is 4.43 Å². The van der Waals surface area contributed by atoms with Crippen LogP contribution in [0.25, 0.3) is 0 Å². The highest BCUT2D eigenvalue weighted by molar-refractivity contribution is 6.74. The Morgan fingerprint density at radius 2 is 1.60 bits per heavy atom. The highest BCUT2D eigenvalue weighted by Gasteiger charge is 2.37. The molecule has 0 aliphatic heterocycles. The second-order valence-corrected chi connectivity index (χ2v) is 11.0. The molecule has 0 fully saturated rings. The van der Waals surface area contributed by atoms with Crippen LogP contribution in [0, 0.1) is 0 Å². The minimum Gasteiger partial charge on any atom is -0.412 e. The lowest BCUT2D eigenvalue weighted by atomic mass is 10.2. The van der Waals surface area contributed by atoms with Crippen molar-refractivity contribution in [2.24, 2.45) is 0 Å². The van der Waals surface area contributed by atoms with Gasteiger partial charge in [0.1, 0.15) is 5.75 Å². The molecular formula is C14H21F3O2Si. The van der Waals surface area contributed by atoms with Crippen molar-refractivity contribution >= 4 is 8.32 Å². The van der Waals surface area contributed by atoms with Gasteiger partial charge in [-0.25, -0.2) is 0 Å². The van der Waals surface area contributed by atoms with Crippen LogP contribution in [0.3, 0.4) is 0 Å². The van der Waals surface area contributed by atoms with E-state index in [0.717, 1.165) is 0 Å². The number of alkyl halides is 3. The Labute approximate surface area is 119 Å². The highest BCUT2D eigenvalue weighted by atomic mass is 28.4. The largest absolute Gasteiger partial charge is 0.573 e. The third kappa shape index (κ3) is 4.83. The van der Waals surface area contributed by atoms with Crippen LogP contribution in [-0.2, 0) is 11.0 Å². The molecule has 0 radical (unpaired) electrons. The summed E-state index contributed by atoms with van der Waals surface area (Å²) in [5, 5.41) is 0.00677. The molecule has 1 aromatic rings. The van der Waals surface area contributed by atoms with E-state index in [9.17, 15) is 13.2 Å². The van der Waals surface area contributed by atoms with E-state index in [1.165, 1.54) is 12.1 Å². The number of para-hydroxylation sites is 1. The summed E-state index contributed by atoms with van der Waals surface area (Å²) in [7, 11) is -2.01. The molecule has 0 spiro atoms. The van der Waals surface area contributed by atoms with Crippen LogP contribution >= 0.6 is 0 Å². The van der Waals surface area contributed by atoms with Crippen LogP contribution in [0.15, 0.2) is 24.3 Å². The zero-order chi connectivity index (χ0) is 15.6. The van der Waals surface area contributed by atoms with E-state index < -0.39 is 14.7 Å². The smallest absolute Gasteiger partial charge is 0.412 e. The van der Waals surface area contributed by atoms with Gasteiger partial charge >= 0.3 is 6.36 Å². The summed E-state index contributed by atoms with van der Waals surface area (Å²) in [4.78, 5) is 0. The normalized spacial score (nSPS) is 13.4. The van der Waals surface area contributed by atoms with Crippen molar-refractivity contribution in [3.8, 4) is 5.75 Å². The van der Waals surface area contributed by atoms with Crippen LogP contribution in [0.1, 0.15) is 26.3 Å². The maximum absolute atomic E-state index is 12.3. The van der Waals surface area contributed by atoms with Gasteiger partial charge in [0.2, 0.25) is 0 Å². The highest BCUT2D eigenvalue weighted by Crippen LogP contribution is 2.37. The second-order valence-electron chi connectivity index (χ2n) is 6.20. The molecule has 6 heteroatoms. The lowest BCUT2D eigenvalue weighted by Crippen LogP contribution is -2.40. The van der Waals surface area contributed by atoms with Gasteiger partial charge in [-0.3, -0.25) is 0 Å². The number of benzene rings is 1. The topological polar surface area (TPSA) is 18.5 Å². The minimum absolute atomic E-state index is 0.00677. The Morgan fingerprint density at radius 3 is 2.10 bits per heavy atom. The lowest BCUT2D eigenvalue weighted by molar-refractivity contribution is -0.275. The predicted molar refractivity (Wildman–Crippen MR) is 75.1 cm³/mol. The Hall–Kier alpha value is -1.01. The summed E-state index contributed by atoms with van der Waals surface area (Å²) in [5.74, 6) is -0.196. The predicted octanol–water partition coefficient (Wildman–Crippen LogP) is 5.11. The first kappa shape index (κ1) is 17.0. The molecule has 114 valence electrons. The zero-order valence-electron chi connectivity index (χ0n) is 12.5. The average Bonchev–Trinajstić information content (AvgIpc) is 2.24. The van der Waals surface area contributed by atoms with Crippen LogP contribution in [0.2, 0.25) is 18.1 Å². The quantitative estimate of drug-likeness (QED) is 0.720. The van der Waals surface area contributed by atoms with Crippen molar-refractivity contribution in [2.45, 2.75) is 51.9 Å². The maximum atomic E-state index is 12.3. The standard InChI is InChI=1S/C14H21F3O2Si/c1-13(2,3)20(4,5)18-10-11-8-6-7-9-12(11)19-14(15,16)17/h6-9H,10H2,1-5H3. The first-order chi connectivity index (χ1) is 8.92. The van der Waals surface area contributed by atoms with Crippen LogP contribution < -0.4 is 4.74 Å². The minimum atomic E-state index is -4.69. The van der Waals surface area contributed by atoms with Gasteiger partial charge in [0.15, 0.2) is 8.32 Å². The zero-order valence-corrected chi connectivity index (χ0v) is 13.5. The number of ether oxygens (including phenoxy) is 1. The molecule has 0 saturated heterocycles. The molecule has 0 bridgehead atoms. The Bertz CT molecular complexity index is 450. The summed E-state index contributed by atoms with van der Waals surface area (Å²) in [6.07, 6.45) is -4.69. The van der Waals surface area contributed by atoms with Crippen LogP contribution in [0.5, 0.6) is 5.75 Å². The average molecular weight is 306 g/mol. The molecule has 0 N–H and O–H groups in total. The molecule has 0 unspecified atom stereocenters. The summed E-state index contributed by atoms with van der Waals surface area (Å²) >= 11 is 0. The fraction of sp³-hybridized carbons (Fsp3) is 0.571. The fourth-order valence-corrected chi connectivity index (χ4v) is 2.27. The molecule has 0 aliphatic carbocycles. The number of hydrogen-bond acceptors (Lipinski definition) is 2. The number of rotatable bonds is 4. The van der Waals surface area contributed by atoms with Gasteiger partial charge in [0, 0.05) is 5.56 Å². The van der Waals surface area contributed by atoms with Gasteiger partial charge in [-0.1, -0.05) is 39.0 Å². The molecular weight excluding hydrogens is 285 g/mol. The summed E-state index contributed by atoms with van der Waals surface area (Å²) in [5.41, 5.74) is 0.412. The summed E-state index contributed by atoms with van der Waals surface area (Å²) in [6, 6.07) is 6.08. The molecule has 0 aromatic heterocycles. The van der Waals surface area contributed by atoms with E-state index in [-0.39, 0.29) is 17.4 Å². The van der Waals surface area contributed by atoms with Gasteiger partial charge in [-0.15, -0.1) is 13.2 Å². The van der Waals surface area contributed by atoms with Gasteiger partial charge in [0.05, 0.1) is 6.61 Å². The lowest BCUT2D eigenvalue weighted by Gasteiger charge is -2.36. The number of halogens is 3. The first-order valence-electron chi connectivity index (χ1n) is 6.40. The summed E-state index contributed by atoms with van der Waals surface area (Å²) < 4.78 is 46.9. The van der Waals surface area contributed by atoms with Gasteiger partial charge < -0.3 is 9.16 Å². The molecule has 1 aromatic carbocycles. The van der Waals surface area contributed by atoms with E-state index in [1.54, 1.807) is 12.1 Å². The molecule has 0 aliphatic rings. The summed E-state index contributed by atoms with van der Waals surface area (Å²) in [6.45, 7) is 10.5. The molecule has 0 amide bonds. The van der Waals surface area contributed by atoms with Crippen LogP contribution in [0.4, 0.5) is 13.2 Å². The Morgan fingerprint density at radius 1 is 1.05 bits per heavy atom. The van der Waals surface area contributed by atoms with E-state index in [1.807, 2.05) is 0 Å². The third-order valence-electron chi connectivity index (χ3n) is 3.59. The van der Waals surface area contributed by atoms with E-state index in [0.29, 0.717) is 5.56 Å². The first-order valence-corrected chi connectivity index (χ1v) is 9.31. The van der Waals surface area contributed by atoms with Gasteiger partial charge in [-0.2, -0.15) is 0 Å². The van der Waals surface area contributed by atoms with Crippen molar-refractivity contribution in [1.82, 2.24) is 0 Å². The SMILES string of the molecule is CC(C)(C)[Si](C)(C)OCc1ccccc1OC(F)(F)F. The van der Waals surface area contributed by atoms with E-state index in [2.05, 4.69) is 38.6 Å². The molecule has 0 atom stereocenters.